The smallest absolute Gasteiger partial charge is 0.305 e. The van der Waals surface area contributed by atoms with E-state index < -0.39 is 12.1 Å². The number of nitrogens with one attached hydrogen (secondary N) is 1. The number of aliphatic hydroxyl groups is 2. The maximum atomic E-state index is 12.4. The number of amides is 1. The van der Waals surface area contributed by atoms with Gasteiger partial charge in [-0.05, 0) is 57.8 Å². The van der Waals surface area contributed by atoms with Crippen LogP contribution in [0.2, 0.25) is 0 Å². The molecule has 0 bridgehead atoms. The molecule has 3 N–H and O–H groups in total. The molecule has 71 heavy (non-hydrogen) atoms. The van der Waals surface area contributed by atoms with Crippen LogP contribution in [0, 0.1) is 0 Å². The lowest BCUT2D eigenvalue weighted by Gasteiger charge is -2.20. The number of carbonyl (C=O) groups is 2. The van der Waals surface area contributed by atoms with Crippen molar-refractivity contribution in [1.29, 1.82) is 0 Å². The van der Waals surface area contributed by atoms with Gasteiger partial charge in [-0.15, -0.1) is 0 Å². The zero-order valence-corrected chi connectivity index (χ0v) is 48.0. The lowest BCUT2D eigenvalue weighted by atomic mass is 10.0. The van der Waals surface area contributed by atoms with Crippen LogP contribution in [0.1, 0.15) is 354 Å². The predicted octanol–water partition coefficient (Wildman–Crippen LogP) is 20.2. The minimum Gasteiger partial charge on any atom is -0.466 e. The largest absolute Gasteiger partial charge is 0.466 e. The van der Waals surface area contributed by atoms with E-state index in [1.165, 1.54) is 283 Å². The minimum absolute atomic E-state index is 0.0114. The van der Waals surface area contributed by atoms with Crippen molar-refractivity contribution < 1.29 is 24.5 Å². The summed E-state index contributed by atoms with van der Waals surface area (Å²) in [7, 11) is 0. The molecule has 0 aliphatic heterocycles. The van der Waals surface area contributed by atoms with Crippen LogP contribution in [0.4, 0.5) is 0 Å². The second-order valence-electron chi connectivity index (χ2n) is 22.1. The van der Waals surface area contributed by atoms with Crippen molar-refractivity contribution in [3.8, 4) is 0 Å². The first-order chi connectivity index (χ1) is 35.0. The molecule has 1 amide bonds. The molecule has 0 aromatic carbocycles. The lowest BCUT2D eigenvalue weighted by molar-refractivity contribution is -0.143. The number of rotatable bonds is 60. The zero-order chi connectivity index (χ0) is 51.4. The van der Waals surface area contributed by atoms with E-state index in [2.05, 4.69) is 31.3 Å². The van der Waals surface area contributed by atoms with Gasteiger partial charge in [-0.25, -0.2) is 0 Å². The van der Waals surface area contributed by atoms with Gasteiger partial charge in [0, 0.05) is 12.8 Å². The van der Waals surface area contributed by atoms with Crippen LogP contribution in [0.15, 0.2) is 24.3 Å². The van der Waals surface area contributed by atoms with Crippen molar-refractivity contribution in [2.24, 2.45) is 0 Å². The van der Waals surface area contributed by atoms with E-state index in [1.54, 1.807) is 6.08 Å². The second-order valence-corrected chi connectivity index (χ2v) is 22.1. The van der Waals surface area contributed by atoms with Crippen molar-refractivity contribution in [3.63, 3.8) is 0 Å². The second kappa shape index (κ2) is 60.9. The van der Waals surface area contributed by atoms with Gasteiger partial charge in [-0.3, -0.25) is 9.59 Å². The molecular formula is C65H125NO5. The highest BCUT2D eigenvalue weighted by Gasteiger charge is 2.18. The van der Waals surface area contributed by atoms with Gasteiger partial charge in [0.25, 0.3) is 0 Å². The first-order valence-corrected chi connectivity index (χ1v) is 32.1. The molecule has 0 aliphatic rings. The van der Waals surface area contributed by atoms with Crippen LogP contribution >= 0.6 is 0 Å². The minimum atomic E-state index is -0.839. The molecule has 0 aromatic heterocycles. The van der Waals surface area contributed by atoms with E-state index in [1.807, 2.05) is 6.08 Å². The Balaban J connectivity index is 3.32. The Kier molecular flexibility index (Phi) is 59.5. The summed E-state index contributed by atoms with van der Waals surface area (Å²) in [5.74, 6) is -0.0539. The van der Waals surface area contributed by atoms with Crippen LogP contribution < -0.4 is 5.32 Å². The predicted molar refractivity (Wildman–Crippen MR) is 310 cm³/mol. The van der Waals surface area contributed by atoms with E-state index in [4.69, 9.17) is 4.74 Å². The molecule has 420 valence electrons. The fraction of sp³-hybridized carbons (Fsp3) is 0.908. The third-order valence-corrected chi connectivity index (χ3v) is 15.0. The molecular weight excluding hydrogens is 875 g/mol. The van der Waals surface area contributed by atoms with E-state index in [-0.39, 0.29) is 18.5 Å². The van der Waals surface area contributed by atoms with Gasteiger partial charge in [0.1, 0.15) is 0 Å². The Morgan fingerprint density at radius 3 is 1.00 bits per heavy atom. The SMILES string of the molecule is CCCCCCCC/C=C\CCCCCCCC(=O)OCCCCCCCCCCCCCCCCCCCCCCCCCCCCCCCC(=O)NC(CO)C(O)/C=C/CCCCCCCCCC. The molecule has 0 saturated carbocycles. The topological polar surface area (TPSA) is 95.9 Å². The molecule has 0 spiro atoms. The van der Waals surface area contributed by atoms with E-state index in [0.29, 0.717) is 19.4 Å². The summed E-state index contributed by atoms with van der Waals surface area (Å²) in [6, 6.07) is -0.623. The van der Waals surface area contributed by atoms with Gasteiger partial charge in [-0.1, -0.05) is 308 Å². The molecule has 0 heterocycles. The summed E-state index contributed by atoms with van der Waals surface area (Å²) in [4.78, 5) is 24.5. The first-order valence-electron chi connectivity index (χ1n) is 32.1. The highest BCUT2D eigenvalue weighted by atomic mass is 16.5. The van der Waals surface area contributed by atoms with E-state index in [0.717, 1.165) is 44.9 Å². The maximum Gasteiger partial charge on any atom is 0.305 e. The Bertz CT molecular complexity index is 1110. The van der Waals surface area contributed by atoms with Crippen LogP contribution in [-0.4, -0.2) is 47.4 Å². The molecule has 6 nitrogen and oxygen atoms in total. The van der Waals surface area contributed by atoms with Crippen molar-refractivity contribution in [1.82, 2.24) is 5.32 Å². The van der Waals surface area contributed by atoms with Gasteiger partial charge in [0.2, 0.25) is 5.91 Å². The molecule has 0 aromatic rings. The summed E-state index contributed by atoms with van der Waals surface area (Å²) in [5.41, 5.74) is 0. The van der Waals surface area contributed by atoms with Gasteiger partial charge < -0.3 is 20.3 Å². The molecule has 0 saturated heterocycles. The molecule has 0 rings (SSSR count). The third kappa shape index (κ3) is 57.5. The standard InChI is InChI=1S/C65H125NO5/c1-3-5-7-9-11-13-15-16-32-36-39-43-47-51-55-59-65(70)71-60-56-52-48-44-40-37-34-31-29-27-25-23-21-19-17-18-20-22-24-26-28-30-33-35-38-42-46-50-54-58-64(69)66-62(61-67)63(68)57-53-49-45-41-14-12-10-8-6-4-2/h16,32,53,57,62-63,67-68H,3-15,17-31,33-52,54-56,58-61H2,1-2H3,(H,66,69)/b32-16-,57-53+. The molecule has 6 heteroatoms. The average molecular weight is 1000 g/mol. The molecule has 0 fully saturated rings. The number of ether oxygens (including phenoxy) is 1. The fourth-order valence-electron chi connectivity index (χ4n) is 10.0. The Hall–Kier alpha value is -1.66. The van der Waals surface area contributed by atoms with Crippen LogP contribution in [0.3, 0.4) is 0 Å². The van der Waals surface area contributed by atoms with Gasteiger partial charge >= 0.3 is 5.97 Å². The lowest BCUT2D eigenvalue weighted by Crippen LogP contribution is -2.45. The highest BCUT2D eigenvalue weighted by Crippen LogP contribution is 2.18. The molecule has 0 aliphatic carbocycles. The monoisotopic (exact) mass is 1000 g/mol. The molecule has 0 radical (unpaired) electrons. The quantitative estimate of drug-likeness (QED) is 0.0320. The van der Waals surface area contributed by atoms with Crippen molar-refractivity contribution in [2.75, 3.05) is 13.2 Å². The Morgan fingerprint density at radius 1 is 0.380 bits per heavy atom. The summed E-state index contributed by atoms with van der Waals surface area (Å²) in [6.45, 7) is 4.90. The Labute approximate surface area is 443 Å². The van der Waals surface area contributed by atoms with Crippen molar-refractivity contribution in [3.05, 3.63) is 24.3 Å². The van der Waals surface area contributed by atoms with Gasteiger partial charge in [0.05, 0.1) is 25.4 Å². The van der Waals surface area contributed by atoms with Crippen LogP contribution in [0.25, 0.3) is 0 Å². The molecule has 2 unspecified atom stereocenters. The normalized spacial score (nSPS) is 12.7. The Morgan fingerprint density at radius 2 is 0.662 bits per heavy atom. The van der Waals surface area contributed by atoms with Crippen molar-refractivity contribution >= 4 is 11.9 Å². The fourth-order valence-corrected chi connectivity index (χ4v) is 10.0. The van der Waals surface area contributed by atoms with E-state index in [9.17, 15) is 19.8 Å². The number of allylic oxidation sites excluding steroid dienone is 3. The number of unbranched alkanes of at least 4 members (excludes halogenated alkanes) is 47. The number of carbonyl (C=O) groups excluding carboxylic acids is 2. The summed E-state index contributed by atoms with van der Waals surface area (Å²) in [5, 5.41) is 23.0. The van der Waals surface area contributed by atoms with Gasteiger partial charge in [0.15, 0.2) is 0 Å². The maximum absolute atomic E-state index is 12.4. The van der Waals surface area contributed by atoms with Gasteiger partial charge in [-0.2, -0.15) is 0 Å². The summed E-state index contributed by atoms with van der Waals surface area (Å²) in [6.07, 6.45) is 75.3. The average Bonchev–Trinajstić information content (AvgIpc) is 3.37. The zero-order valence-electron chi connectivity index (χ0n) is 48.0. The number of aliphatic hydroxyl groups excluding tert-OH is 2. The highest BCUT2D eigenvalue weighted by molar-refractivity contribution is 5.76. The summed E-state index contributed by atoms with van der Waals surface area (Å²) < 4.78 is 5.49. The van der Waals surface area contributed by atoms with Crippen LogP contribution in [-0.2, 0) is 14.3 Å². The van der Waals surface area contributed by atoms with Crippen molar-refractivity contribution in [2.45, 2.75) is 366 Å². The third-order valence-electron chi connectivity index (χ3n) is 15.0. The molecule has 2 atom stereocenters. The van der Waals surface area contributed by atoms with E-state index >= 15 is 0 Å². The van der Waals surface area contributed by atoms with Crippen LogP contribution in [0.5, 0.6) is 0 Å². The number of hydrogen-bond donors (Lipinski definition) is 3. The number of hydrogen-bond acceptors (Lipinski definition) is 5. The number of esters is 1. The summed E-state index contributed by atoms with van der Waals surface area (Å²) >= 11 is 0. The first kappa shape index (κ1) is 69.3.